The standard InChI is InChI=1S/C14H21ClN2O/c1-17(12-5-4-8-16-11-12)9-10-18-14-7-3-2-6-13(14)15/h2-3,6-7,12,16H,4-5,8-11H2,1H3. The first-order valence-electron chi connectivity index (χ1n) is 6.55. The van der Waals surface area contributed by atoms with Crippen molar-refractivity contribution in [3.8, 4) is 5.75 Å². The van der Waals surface area contributed by atoms with E-state index in [0.29, 0.717) is 17.7 Å². The molecule has 100 valence electrons. The Balaban J connectivity index is 1.73. The van der Waals surface area contributed by atoms with Crippen molar-refractivity contribution in [2.24, 2.45) is 0 Å². The van der Waals surface area contributed by atoms with Crippen LogP contribution in [0.2, 0.25) is 5.02 Å². The maximum atomic E-state index is 6.04. The lowest BCUT2D eigenvalue weighted by Gasteiger charge is -2.31. The maximum absolute atomic E-state index is 6.04. The monoisotopic (exact) mass is 268 g/mol. The highest BCUT2D eigenvalue weighted by molar-refractivity contribution is 6.32. The van der Waals surface area contributed by atoms with Crippen LogP contribution >= 0.6 is 11.6 Å². The van der Waals surface area contributed by atoms with Gasteiger partial charge in [0.2, 0.25) is 0 Å². The van der Waals surface area contributed by atoms with Crippen LogP contribution < -0.4 is 10.1 Å². The van der Waals surface area contributed by atoms with Crippen molar-refractivity contribution in [1.29, 1.82) is 0 Å². The Hall–Kier alpha value is -0.770. The van der Waals surface area contributed by atoms with Crippen LogP contribution in [0.25, 0.3) is 0 Å². The van der Waals surface area contributed by atoms with E-state index in [9.17, 15) is 0 Å². The number of rotatable bonds is 5. The molecule has 0 amide bonds. The quantitative estimate of drug-likeness (QED) is 0.888. The van der Waals surface area contributed by atoms with Gasteiger partial charge in [0.05, 0.1) is 5.02 Å². The average molecular weight is 269 g/mol. The Morgan fingerprint density at radius 1 is 1.44 bits per heavy atom. The molecular weight excluding hydrogens is 248 g/mol. The van der Waals surface area contributed by atoms with E-state index >= 15 is 0 Å². The molecule has 0 aromatic heterocycles. The first-order valence-corrected chi connectivity index (χ1v) is 6.93. The Kier molecular flexibility index (Phi) is 5.29. The molecule has 2 rings (SSSR count). The zero-order valence-electron chi connectivity index (χ0n) is 10.9. The third kappa shape index (κ3) is 3.87. The molecule has 0 radical (unpaired) electrons. The molecular formula is C14H21ClN2O. The van der Waals surface area contributed by atoms with Gasteiger partial charge >= 0.3 is 0 Å². The number of hydrogen-bond acceptors (Lipinski definition) is 3. The zero-order valence-corrected chi connectivity index (χ0v) is 11.6. The molecule has 1 unspecified atom stereocenters. The van der Waals surface area contributed by atoms with Crippen molar-refractivity contribution < 1.29 is 4.74 Å². The molecule has 0 spiro atoms. The molecule has 18 heavy (non-hydrogen) atoms. The van der Waals surface area contributed by atoms with Gasteiger partial charge in [0.25, 0.3) is 0 Å². The van der Waals surface area contributed by atoms with Gasteiger partial charge in [-0.05, 0) is 38.6 Å². The number of benzene rings is 1. The molecule has 1 aliphatic rings. The highest BCUT2D eigenvalue weighted by Gasteiger charge is 2.17. The Labute approximate surface area is 114 Å². The van der Waals surface area contributed by atoms with Crippen molar-refractivity contribution in [3.05, 3.63) is 29.3 Å². The summed E-state index contributed by atoms with van der Waals surface area (Å²) in [5.41, 5.74) is 0. The zero-order chi connectivity index (χ0) is 12.8. The van der Waals surface area contributed by atoms with Crippen molar-refractivity contribution >= 4 is 11.6 Å². The number of nitrogens with one attached hydrogen (secondary N) is 1. The third-order valence-electron chi connectivity index (χ3n) is 3.43. The average Bonchev–Trinajstić information content (AvgIpc) is 2.42. The fourth-order valence-electron chi connectivity index (χ4n) is 2.25. The van der Waals surface area contributed by atoms with Gasteiger partial charge in [-0.3, -0.25) is 4.90 Å². The summed E-state index contributed by atoms with van der Waals surface area (Å²) in [4.78, 5) is 2.36. The van der Waals surface area contributed by atoms with Crippen LogP contribution in [0.4, 0.5) is 0 Å². The molecule has 1 aliphatic heterocycles. The van der Waals surface area contributed by atoms with Crippen LogP contribution in [0.5, 0.6) is 5.75 Å². The van der Waals surface area contributed by atoms with Crippen LogP contribution in [0, 0.1) is 0 Å². The second kappa shape index (κ2) is 6.98. The van der Waals surface area contributed by atoms with Gasteiger partial charge in [0.15, 0.2) is 0 Å². The molecule has 0 aliphatic carbocycles. The molecule has 1 atom stereocenters. The van der Waals surface area contributed by atoms with Gasteiger partial charge in [-0.2, -0.15) is 0 Å². The summed E-state index contributed by atoms with van der Waals surface area (Å²) in [5.74, 6) is 0.773. The van der Waals surface area contributed by atoms with E-state index in [2.05, 4.69) is 17.3 Å². The minimum absolute atomic E-state index is 0.633. The van der Waals surface area contributed by atoms with Crippen molar-refractivity contribution in [1.82, 2.24) is 10.2 Å². The number of hydrogen-bond donors (Lipinski definition) is 1. The molecule has 1 aromatic rings. The van der Waals surface area contributed by atoms with Crippen molar-refractivity contribution in [3.63, 3.8) is 0 Å². The molecule has 3 nitrogen and oxygen atoms in total. The van der Waals surface area contributed by atoms with Crippen LogP contribution in [0.15, 0.2) is 24.3 Å². The van der Waals surface area contributed by atoms with Gasteiger partial charge in [0, 0.05) is 19.1 Å². The van der Waals surface area contributed by atoms with E-state index in [1.165, 1.54) is 12.8 Å². The molecule has 4 heteroatoms. The Morgan fingerprint density at radius 3 is 3.00 bits per heavy atom. The van der Waals surface area contributed by atoms with E-state index in [-0.39, 0.29) is 0 Å². The summed E-state index contributed by atoms with van der Waals surface area (Å²) in [6.07, 6.45) is 2.54. The highest BCUT2D eigenvalue weighted by Crippen LogP contribution is 2.22. The second-order valence-electron chi connectivity index (χ2n) is 4.76. The summed E-state index contributed by atoms with van der Waals surface area (Å²) >= 11 is 6.04. The van der Waals surface area contributed by atoms with E-state index in [1.807, 2.05) is 24.3 Å². The SMILES string of the molecule is CN(CCOc1ccccc1Cl)C1CCCNC1. The Morgan fingerprint density at radius 2 is 2.28 bits per heavy atom. The summed E-state index contributed by atoms with van der Waals surface area (Å²) in [6.45, 7) is 3.84. The van der Waals surface area contributed by atoms with Crippen molar-refractivity contribution in [2.75, 3.05) is 33.3 Å². The van der Waals surface area contributed by atoms with Crippen LogP contribution in [0.1, 0.15) is 12.8 Å². The lowest BCUT2D eigenvalue weighted by Crippen LogP contribution is -2.45. The predicted molar refractivity (Wildman–Crippen MR) is 75.5 cm³/mol. The molecule has 1 heterocycles. The van der Waals surface area contributed by atoms with Crippen LogP contribution in [-0.4, -0.2) is 44.2 Å². The predicted octanol–water partition coefficient (Wildman–Crippen LogP) is 2.40. The maximum Gasteiger partial charge on any atom is 0.137 e. The molecule has 0 saturated carbocycles. The molecule has 1 fully saturated rings. The molecule has 1 N–H and O–H groups in total. The fourth-order valence-corrected chi connectivity index (χ4v) is 2.44. The lowest BCUT2D eigenvalue weighted by molar-refractivity contribution is 0.168. The highest BCUT2D eigenvalue weighted by atomic mass is 35.5. The summed E-state index contributed by atoms with van der Waals surface area (Å²) in [5, 5.41) is 4.11. The number of para-hydroxylation sites is 1. The topological polar surface area (TPSA) is 24.5 Å². The minimum Gasteiger partial charge on any atom is -0.491 e. The van der Waals surface area contributed by atoms with Gasteiger partial charge in [0.1, 0.15) is 12.4 Å². The number of likely N-dealkylation sites (N-methyl/N-ethyl adjacent to an activating group) is 1. The summed E-state index contributed by atoms with van der Waals surface area (Å²) < 4.78 is 5.70. The van der Waals surface area contributed by atoms with Crippen molar-refractivity contribution in [2.45, 2.75) is 18.9 Å². The summed E-state index contributed by atoms with van der Waals surface area (Å²) in [7, 11) is 2.16. The van der Waals surface area contributed by atoms with E-state index in [1.54, 1.807) is 0 Å². The lowest BCUT2D eigenvalue weighted by atomic mass is 10.1. The van der Waals surface area contributed by atoms with Crippen LogP contribution in [-0.2, 0) is 0 Å². The fraction of sp³-hybridized carbons (Fsp3) is 0.571. The third-order valence-corrected chi connectivity index (χ3v) is 3.74. The van der Waals surface area contributed by atoms with E-state index in [4.69, 9.17) is 16.3 Å². The molecule has 1 saturated heterocycles. The van der Waals surface area contributed by atoms with Crippen LogP contribution in [0.3, 0.4) is 0 Å². The van der Waals surface area contributed by atoms with E-state index < -0.39 is 0 Å². The van der Waals surface area contributed by atoms with Gasteiger partial charge in [-0.25, -0.2) is 0 Å². The number of halogens is 1. The number of nitrogens with zero attached hydrogens (tertiary/aromatic N) is 1. The second-order valence-corrected chi connectivity index (χ2v) is 5.17. The number of piperidine rings is 1. The first-order chi connectivity index (χ1) is 8.77. The van der Waals surface area contributed by atoms with Gasteiger partial charge < -0.3 is 10.1 Å². The minimum atomic E-state index is 0.633. The molecule has 1 aromatic carbocycles. The molecule has 0 bridgehead atoms. The normalized spacial score (nSPS) is 20.1. The first kappa shape index (κ1) is 13.7. The summed E-state index contributed by atoms with van der Waals surface area (Å²) in [6, 6.07) is 8.25. The number of ether oxygens (including phenoxy) is 1. The van der Waals surface area contributed by atoms with E-state index in [0.717, 1.165) is 25.4 Å². The smallest absolute Gasteiger partial charge is 0.137 e. The largest absolute Gasteiger partial charge is 0.491 e. The Bertz CT molecular complexity index is 367. The van der Waals surface area contributed by atoms with Gasteiger partial charge in [-0.15, -0.1) is 0 Å². The van der Waals surface area contributed by atoms with Gasteiger partial charge in [-0.1, -0.05) is 23.7 Å².